The molecule has 4 heteroatoms. The monoisotopic (exact) mass is 316 g/mol. The van der Waals surface area contributed by atoms with E-state index in [1.165, 1.54) is 6.92 Å². The zero-order chi connectivity index (χ0) is 17.0. The maximum atomic E-state index is 11.9. The van der Waals surface area contributed by atoms with Gasteiger partial charge in [0.05, 0.1) is 11.0 Å². The molecular formula is C19H24O4. The molecule has 0 aromatic heterocycles. The summed E-state index contributed by atoms with van der Waals surface area (Å²) in [6, 6.07) is 3.52. The van der Waals surface area contributed by atoms with Crippen molar-refractivity contribution in [2.24, 2.45) is 11.3 Å². The summed E-state index contributed by atoms with van der Waals surface area (Å²) >= 11 is 0. The maximum absolute atomic E-state index is 11.9. The Bertz CT molecular complexity index is 693. The van der Waals surface area contributed by atoms with Gasteiger partial charge in [-0.2, -0.15) is 0 Å². The normalized spacial score (nSPS) is 32.7. The number of carboxylic acids is 1. The third-order valence-corrected chi connectivity index (χ3v) is 6.34. The van der Waals surface area contributed by atoms with Crippen molar-refractivity contribution in [3.05, 3.63) is 28.8 Å². The van der Waals surface area contributed by atoms with Crippen molar-refractivity contribution in [1.29, 1.82) is 0 Å². The molecule has 23 heavy (non-hydrogen) atoms. The molecule has 0 aliphatic heterocycles. The summed E-state index contributed by atoms with van der Waals surface area (Å²) in [4.78, 5) is 23.6. The summed E-state index contributed by atoms with van der Waals surface area (Å²) in [5.74, 6) is -0.796. The second-order valence-corrected chi connectivity index (χ2v) is 7.67. The van der Waals surface area contributed by atoms with E-state index in [0.717, 1.165) is 36.8 Å². The van der Waals surface area contributed by atoms with Gasteiger partial charge in [0, 0.05) is 0 Å². The molecule has 2 aliphatic rings. The Morgan fingerprint density at radius 2 is 1.91 bits per heavy atom. The van der Waals surface area contributed by atoms with E-state index in [0.29, 0.717) is 12.0 Å². The average molecular weight is 316 g/mol. The zero-order valence-corrected chi connectivity index (χ0v) is 14.0. The Labute approximate surface area is 136 Å². The number of phenolic OH excluding ortho intramolecular Hbond substituents is 1. The van der Waals surface area contributed by atoms with Crippen LogP contribution in [-0.2, 0) is 16.6 Å². The van der Waals surface area contributed by atoms with Crippen molar-refractivity contribution in [2.45, 2.75) is 58.3 Å². The van der Waals surface area contributed by atoms with E-state index in [4.69, 9.17) is 0 Å². The molecule has 0 radical (unpaired) electrons. The van der Waals surface area contributed by atoms with E-state index in [1.54, 1.807) is 12.1 Å². The highest BCUT2D eigenvalue weighted by Gasteiger charge is 2.55. The molecule has 1 fully saturated rings. The Hall–Kier alpha value is -1.84. The number of aryl methyl sites for hydroxylation is 1. The molecule has 3 rings (SSSR count). The number of ketones is 1. The highest BCUT2D eigenvalue weighted by atomic mass is 16.4. The summed E-state index contributed by atoms with van der Waals surface area (Å²) < 4.78 is 0. The molecule has 3 atom stereocenters. The molecule has 124 valence electrons. The van der Waals surface area contributed by atoms with E-state index in [1.807, 2.05) is 6.92 Å². The average Bonchev–Trinajstić information content (AvgIpc) is 2.46. The van der Waals surface area contributed by atoms with Crippen molar-refractivity contribution in [3.63, 3.8) is 0 Å². The Morgan fingerprint density at radius 1 is 1.22 bits per heavy atom. The maximum Gasteiger partial charge on any atom is 0.309 e. The molecule has 0 saturated heterocycles. The van der Waals surface area contributed by atoms with Crippen molar-refractivity contribution in [3.8, 4) is 5.75 Å². The highest BCUT2D eigenvalue weighted by molar-refractivity contribution is 5.97. The van der Waals surface area contributed by atoms with Crippen LogP contribution in [0.5, 0.6) is 5.75 Å². The number of fused-ring (bicyclic) bond motifs is 3. The summed E-state index contributed by atoms with van der Waals surface area (Å²) in [5, 5.41) is 20.0. The molecule has 1 aromatic carbocycles. The molecule has 0 spiro atoms. The van der Waals surface area contributed by atoms with Gasteiger partial charge in [0.25, 0.3) is 0 Å². The van der Waals surface area contributed by atoms with Gasteiger partial charge >= 0.3 is 5.97 Å². The van der Waals surface area contributed by atoms with Gasteiger partial charge in [0.15, 0.2) is 5.78 Å². The van der Waals surface area contributed by atoms with Crippen molar-refractivity contribution >= 4 is 11.8 Å². The molecule has 1 aromatic rings. The van der Waals surface area contributed by atoms with Crippen molar-refractivity contribution < 1.29 is 19.8 Å². The molecule has 0 unspecified atom stereocenters. The number of carbonyl (C=O) groups excluding carboxylic acids is 1. The molecule has 2 N–H and O–H groups in total. The minimum absolute atomic E-state index is 0.0146. The first-order valence-electron chi connectivity index (χ1n) is 8.31. The number of Topliss-reactive ketones (excluding diaryl/α,β-unsaturated/α-hetero) is 1. The topological polar surface area (TPSA) is 74.6 Å². The van der Waals surface area contributed by atoms with Crippen LogP contribution in [0.4, 0.5) is 0 Å². The highest BCUT2D eigenvalue weighted by Crippen LogP contribution is 2.57. The number of carboxylic acid groups (broad SMARTS) is 1. The first-order valence-corrected chi connectivity index (χ1v) is 8.31. The molecule has 0 amide bonds. The number of aromatic hydroxyl groups is 1. The molecule has 0 bridgehead atoms. The standard InChI is InChI=1S/C19H24O4/c1-11(20)13-9-12-5-6-16-18(2,14(12)10-15(13)21)7-4-8-19(16,3)17(22)23/h9-10,16,21H,4-8H2,1-3H3,(H,22,23)/t16-,18+,19+/m1/s1. The van der Waals surface area contributed by atoms with Gasteiger partial charge in [-0.25, -0.2) is 0 Å². The number of phenols is 1. The zero-order valence-electron chi connectivity index (χ0n) is 14.0. The van der Waals surface area contributed by atoms with Gasteiger partial charge < -0.3 is 10.2 Å². The van der Waals surface area contributed by atoms with Gasteiger partial charge in [-0.3, -0.25) is 9.59 Å². The summed E-state index contributed by atoms with van der Waals surface area (Å²) in [6.45, 7) is 5.45. The number of aliphatic carboxylic acids is 1. The van der Waals surface area contributed by atoms with Crippen LogP contribution in [-0.4, -0.2) is 22.0 Å². The van der Waals surface area contributed by atoms with Crippen LogP contribution in [0, 0.1) is 11.3 Å². The lowest BCUT2D eigenvalue weighted by atomic mass is 9.50. The molecular weight excluding hydrogens is 292 g/mol. The van der Waals surface area contributed by atoms with Crippen molar-refractivity contribution in [1.82, 2.24) is 0 Å². The summed E-state index contributed by atoms with van der Waals surface area (Å²) in [6.07, 6.45) is 4.07. The minimum atomic E-state index is -0.723. The Kier molecular flexibility index (Phi) is 3.54. The van der Waals surface area contributed by atoms with Crippen LogP contribution < -0.4 is 0 Å². The van der Waals surface area contributed by atoms with E-state index in [-0.39, 0.29) is 22.9 Å². The number of carbonyl (C=O) groups is 2. The summed E-state index contributed by atoms with van der Waals surface area (Å²) in [5.41, 5.74) is 1.50. The van der Waals surface area contributed by atoms with Crippen molar-refractivity contribution in [2.75, 3.05) is 0 Å². The fraction of sp³-hybridized carbons (Fsp3) is 0.579. The quantitative estimate of drug-likeness (QED) is 0.816. The lowest BCUT2D eigenvalue weighted by molar-refractivity contribution is -0.157. The third-order valence-electron chi connectivity index (χ3n) is 6.34. The van der Waals surface area contributed by atoms with Crippen LogP contribution in [0.15, 0.2) is 12.1 Å². The predicted octanol–water partition coefficient (Wildman–Crippen LogP) is 3.69. The minimum Gasteiger partial charge on any atom is -0.507 e. The largest absolute Gasteiger partial charge is 0.507 e. The van der Waals surface area contributed by atoms with Crippen LogP contribution in [0.2, 0.25) is 0 Å². The van der Waals surface area contributed by atoms with Gasteiger partial charge in [-0.1, -0.05) is 13.3 Å². The van der Waals surface area contributed by atoms with Crippen LogP contribution in [0.1, 0.15) is 67.9 Å². The smallest absolute Gasteiger partial charge is 0.309 e. The van der Waals surface area contributed by atoms with Crippen LogP contribution in [0.25, 0.3) is 0 Å². The first kappa shape index (κ1) is 16.0. The van der Waals surface area contributed by atoms with Gasteiger partial charge in [0.2, 0.25) is 0 Å². The van der Waals surface area contributed by atoms with Gasteiger partial charge in [-0.15, -0.1) is 0 Å². The van der Waals surface area contributed by atoms with E-state index in [9.17, 15) is 19.8 Å². The number of benzene rings is 1. The van der Waals surface area contributed by atoms with Gasteiger partial charge in [-0.05, 0) is 74.1 Å². The van der Waals surface area contributed by atoms with E-state index in [2.05, 4.69) is 6.92 Å². The fourth-order valence-electron chi connectivity index (χ4n) is 5.04. The number of hydrogen-bond donors (Lipinski definition) is 2. The first-order chi connectivity index (χ1) is 10.7. The molecule has 4 nitrogen and oxygen atoms in total. The SMILES string of the molecule is CC(=O)c1cc2c(cc1O)[C@]1(C)CCC[C@](C)(C(=O)O)[C@@H]1CC2. The van der Waals surface area contributed by atoms with Crippen LogP contribution in [0.3, 0.4) is 0 Å². The second-order valence-electron chi connectivity index (χ2n) is 7.67. The fourth-order valence-corrected chi connectivity index (χ4v) is 5.04. The molecule has 1 saturated carbocycles. The van der Waals surface area contributed by atoms with Gasteiger partial charge in [0.1, 0.15) is 5.75 Å². The number of rotatable bonds is 2. The van der Waals surface area contributed by atoms with Crippen LogP contribution >= 0.6 is 0 Å². The summed E-state index contributed by atoms with van der Waals surface area (Å²) in [7, 11) is 0. The Morgan fingerprint density at radius 3 is 2.52 bits per heavy atom. The lowest BCUT2D eigenvalue weighted by Gasteiger charge is -2.53. The second kappa shape index (κ2) is 5.08. The predicted molar refractivity (Wildman–Crippen MR) is 86.9 cm³/mol. The number of hydrogen-bond acceptors (Lipinski definition) is 3. The molecule has 2 aliphatic carbocycles. The van der Waals surface area contributed by atoms with E-state index >= 15 is 0 Å². The third kappa shape index (κ3) is 2.19. The lowest BCUT2D eigenvalue weighted by Crippen LogP contribution is -2.52. The molecule has 0 heterocycles. The Balaban J connectivity index is 2.15. The van der Waals surface area contributed by atoms with E-state index < -0.39 is 11.4 Å².